The van der Waals surface area contributed by atoms with E-state index in [1.807, 2.05) is 12.1 Å². The lowest BCUT2D eigenvalue weighted by atomic mass is 9.94. The zero-order chi connectivity index (χ0) is 12.4. The lowest BCUT2D eigenvalue weighted by molar-refractivity contribution is 0.0947. The molecule has 18 heavy (non-hydrogen) atoms. The van der Waals surface area contributed by atoms with Crippen LogP contribution in [-0.4, -0.2) is 25.6 Å². The van der Waals surface area contributed by atoms with Crippen LogP contribution in [0.3, 0.4) is 0 Å². The molecule has 0 radical (unpaired) electrons. The van der Waals surface area contributed by atoms with E-state index in [9.17, 15) is 4.79 Å². The van der Waals surface area contributed by atoms with Crippen LogP contribution >= 0.6 is 0 Å². The first-order valence-electron chi connectivity index (χ1n) is 6.70. The third-order valence-electron chi connectivity index (χ3n) is 3.73. The standard InChI is InChI=1S/C15H18O3/c16-14(9-11-6-8-17-10-11)13-5-1-3-12-4-2-7-18-15(12)13/h1,3,5,11H,2,4,6-10H2. The van der Waals surface area contributed by atoms with Crippen molar-refractivity contribution in [2.24, 2.45) is 5.92 Å². The molecule has 1 unspecified atom stereocenters. The van der Waals surface area contributed by atoms with Gasteiger partial charge in [-0.2, -0.15) is 0 Å². The first kappa shape index (κ1) is 11.7. The van der Waals surface area contributed by atoms with Crippen molar-refractivity contribution < 1.29 is 14.3 Å². The Labute approximate surface area is 107 Å². The van der Waals surface area contributed by atoms with Gasteiger partial charge in [-0.05, 0) is 36.8 Å². The van der Waals surface area contributed by atoms with Crippen LogP contribution in [0.2, 0.25) is 0 Å². The lowest BCUT2D eigenvalue weighted by Crippen LogP contribution is -2.15. The Bertz CT molecular complexity index is 447. The number of ether oxygens (including phenoxy) is 2. The van der Waals surface area contributed by atoms with Crippen LogP contribution in [0.25, 0.3) is 0 Å². The number of carbonyl (C=O) groups excluding carboxylic acids is 1. The molecule has 2 aliphatic heterocycles. The van der Waals surface area contributed by atoms with E-state index in [1.54, 1.807) is 0 Å². The summed E-state index contributed by atoms with van der Waals surface area (Å²) in [4.78, 5) is 12.3. The summed E-state index contributed by atoms with van der Waals surface area (Å²) < 4.78 is 11.0. The summed E-state index contributed by atoms with van der Waals surface area (Å²) in [5.74, 6) is 1.41. The van der Waals surface area contributed by atoms with Gasteiger partial charge in [0.1, 0.15) is 5.75 Å². The monoisotopic (exact) mass is 246 g/mol. The van der Waals surface area contributed by atoms with Gasteiger partial charge < -0.3 is 9.47 Å². The number of hydrogen-bond acceptors (Lipinski definition) is 3. The maximum absolute atomic E-state index is 12.3. The third-order valence-corrected chi connectivity index (χ3v) is 3.73. The van der Waals surface area contributed by atoms with Gasteiger partial charge in [-0.3, -0.25) is 4.79 Å². The average Bonchev–Trinajstić information content (AvgIpc) is 2.91. The minimum absolute atomic E-state index is 0.198. The van der Waals surface area contributed by atoms with Crippen molar-refractivity contribution in [1.29, 1.82) is 0 Å². The molecule has 3 nitrogen and oxygen atoms in total. The van der Waals surface area contributed by atoms with E-state index in [-0.39, 0.29) is 5.78 Å². The fraction of sp³-hybridized carbons (Fsp3) is 0.533. The van der Waals surface area contributed by atoms with Crippen molar-refractivity contribution in [2.75, 3.05) is 19.8 Å². The highest BCUT2D eigenvalue weighted by molar-refractivity contribution is 5.99. The van der Waals surface area contributed by atoms with Crippen molar-refractivity contribution in [3.05, 3.63) is 29.3 Å². The van der Waals surface area contributed by atoms with Crippen molar-refractivity contribution in [3.8, 4) is 5.75 Å². The molecule has 0 N–H and O–H groups in total. The Kier molecular flexibility index (Phi) is 3.33. The number of ketones is 1. The van der Waals surface area contributed by atoms with Crippen molar-refractivity contribution in [2.45, 2.75) is 25.7 Å². The van der Waals surface area contributed by atoms with E-state index in [4.69, 9.17) is 9.47 Å². The highest BCUT2D eigenvalue weighted by Crippen LogP contribution is 2.31. The predicted molar refractivity (Wildman–Crippen MR) is 68.1 cm³/mol. The van der Waals surface area contributed by atoms with Gasteiger partial charge in [0.05, 0.1) is 12.2 Å². The van der Waals surface area contributed by atoms with E-state index in [2.05, 4.69) is 6.07 Å². The zero-order valence-corrected chi connectivity index (χ0v) is 10.5. The lowest BCUT2D eigenvalue weighted by Gasteiger charge is -2.20. The van der Waals surface area contributed by atoms with E-state index in [1.165, 1.54) is 5.56 Å². The molecule has 1 saturated heterocycles. The summed E-state index contributed by atoms with van der Waals surface area (Å²) in [6.45, 7) is 2.24. The number of rotatable bonds is 3. The maximum Gasteiger partial charge on any atom is 0.166 e. The minimum atomic E-state index is 0.198. The zero-order valence-electron chi connectivity index (χ0n) is 10.5. The number of hydrogen-bond donors (Lipinski definition) is 0. The van der Waals surface area contributed by atoms with Crippen LogP contribution in [-0.2, 0) is 11.2 Å². The summed E-state index contributed by atoms with van der Waals surface area (Å²) in [5, 5.41) is 0. The summed E-state index contributed by atoms with van der Waals surface area (Å²) in [7, 11) is 0. The molecule has 0 aliphatic carbocycles. The Balaban J connectivity index is 1.80. The minimum Gasteiger partial charge on any atom is -0.493 e. The first-order chi connectivity index (χ1) is 8.84. The molecule has 0 amide bonds. The molecule has 96 valence electrons. The summed E-state index contributed by atoms with van der Waals surface area (Å²) >= 11 is 0. The molecule has 0 aromatic heterocycles. The molecule has 3 heteroatoms. The Morgan fingerprint density at radius 2 is 2.28 bits per heavy atom. The van der Waals surface area contributed by atoms with Crippen LogP contribution in [0.5, 0.6) is 5.75 Å². The second kappa shape index (κ2) is 5.11. The van der Waals surface area contributed by atoms with Gasteiger partial charge >= 0.3 is 0 Å². The number of Topliss-reactive ketones (excluding diaryl/α,β-unsaturated/α-hetero) is 1. The second-order valence-corrected chi connectivity index (χ2v) is 5.10. The molecular weight excluding hydrogens is 228 g/mol. The normalized spacial score (nSPS) is 22.3. The van der Waals surface area contributed by atoms with Crippen molar-refractivity contribution in [3.63, 3.8) is 0 Å². The van der Waals surface area contributed by atoms with Gasteiger partial charge in [0, 0.05) is 19.6 Å². The molecule has 1 fully saturated rings. The second-order valence-electron chi connectivity index (χ2n) is 5.10. The third kappa shape index (κ3) is 2.27. The van der Waals surface area contributed by atoms with Gasteiger partial charge in [0.15, 0.2) is 5.78 Å². The quantitative estimate of drug-likeness (QED) is 0.769. The molecule has 2 aliphatic rings. The summed E-state index contributed by atoms with van der Waals surface area (Å²) in [5.41, 5.74) is 1.94. The fourth-order valence-electron chi connectivity index (χ4n) is 2.73. The molecule has 1 aromatic carbocycles. The number of fused-ring (bicyclic) bond motifs is 1. The highest BCUT2D eigenvalue weighted by Gasteiger charge is 2.23. The van der Waals surface area contributed by atoms with Crippen LogP contribution < -0.4 is 4.74 Å². The topological polar surface area (TPSA) is 35.5 Å². The molecule has 1 aromatic rings. The molecule has 0 saturated carbocycles. The van der Waals surface area contributed by atoms with E-state index < -0.39 is 0 Å². The van der Waals surface area contributed by atoms with Crippen molar-refractivity contribution in [1.82, 2.24) is 0 Å². The van der Waals surface area contributed by atoms with Gasteiger partial charge in [-0.25, -0.2) is 0 Å². The van der Waals surface area contributed by atoms with Crippen LogP contribution in [0.1, 0.15) is 35.2 Å². The Morgan fingerprint density at radius 1 is 1.33 bits per heavy atom. The molecule has 1 atom stereocenters. The van der Waals surface area contributed by atoms with Crippen LogP contribution in [0, 0.1) is 5.92 Å². The van der Waals surface area contributed by atoms with Gasteiger partial charge in [-0.15, -0.1) is 0 Å². The van der Waals surface area contributed by atoms with Crippen LogP contribution in [0.4, 0.5) is 0 Å². The van der Waals surface area contributed by atoms with Gasteiger partial charge in [0.2, 0.25) is 0 Å². The molecule has 0 spiro atoms. The Hall–Kier alpha value is -1.35. The average molecular weight is 246 g/mol. The number of carbonyl (C=O) groups is 1. The number of benzene rings is 1. The highest BCUT2D eigenvalue weighted by atomic mass is 16.5. The number of para-hydroxylation sites is 1. The summed E-state index contributed by atoms with van der Waals surface area (Å²) in [6.07, 6.45) is 3.64. The molecule has 0 bridgehead atoms. The predicted octanol–water partition coefficient (Wildman–Crippen LogP) is 2.62. The first-order valence-corrected chi connectivity index (χ1v) is 6.70. The SMILES string of the molecule is O=C(CC1CCOC1)c1cccc2c1OCCC2. The fourth-order valence-corrected chi connectivity index (χ4v) is 2.73. The molecule has 3 rings (SSSR count). The Morgan fingerprint density at radius 3 is 3.11 bits per heavy atom. The van der Waals surface area contributed by atoms with Crippen LogP contribution in [0.15, 0.2) is 18.2 Å². The van der Waals surface area contributed by atoms with E-state index in [0.717, 1.165) is 50.4 Å². The van der Waals surface area contributed by atoms with Gasteiger partial charge in [-0.1, -0.05) is 12.1 Å². The van der Waals surface area contributed by atoms with Crippen molar-refractivity contribution >= 4 is 5.78 Å². The summed E-state index contributed by atoms with van der Waals surface area (Å²) in [6, 6.07) is 5.91. The largest absolute Gasteiger partial charge is 0.493 e. The van der Waals surface area contributed by atoms with Gasteiger partial charge in [0.25, 0.3) is 0 Å². The smallest absolute Gasteiger partial charge is 0.166 e. The van der Waals surface area contributed by atoms with E-state index >= 15 is 0 Å². The molecule has 2 heterocycles. The van der Waals surface area contributed by atoms with E-state index in [0.29, 0.717) is 12.3 Å². The molecular formula is C15H18O3. The number of aryl methyl sites for hydroxylation is 1. The maximum atomic E-state index is 12.3.